The number of nitrogens with zero attached hydrogens (tertiary/aromatic N) is 2. The van der Waals surface area contributed by atoms with E-state index in [1.807, 2.05) is 0 Å². The lowest BCUT2D eigenvalue weighted by atomic mass is 9.92. The molecule has 0 atom stereocenters. The summed E-state index contributed by atoms with van der Waals surface area (Å²) in [6, 6.07) is 16.1. The predicted octanol–water partition coefficient (Wildman–Crippen LogP) is 6.41. The molecule has 10 heteroatoms. The van der Waals surface area contributed by atoms with Crippen LogP contribution in [-0.4, -0.2) is 30.1 Å². The van der Waals surface area contributed by atoms with Crippen LogP contribution in [0.25, 0.3) is 11.5 Å². The molecule has 0 saturated heterocycles. The number of carbonyl (C=O) groups excluding carboxylic acids is 1. The fraction of sp³-hybridized carbons (Fsp3) is 0.250. The highest BCUT2D eigenvalue weighted by atomic mass is 35.5. The largest absolute Gasteiger partial charge is 0.334 e. The second-order valence-corrected chi connectivity index (χ2v) is 12.5. The number of benzene rings is 3. The van der Waals surface area contributed by atoms with Crippen LogP contribution in [0.4, 0.5) is 4.39 Å². The van der Waals surface area contributed by atoms with Crippen molar-refractivity contribution >= 4 is 38.8 Å². The Morgan fingerprint density at radius 3 is 2.26 bits per heavy atom. The molecule has 5 rings (SSSR count). The van der Waals surface area contributed by atoms with Crippen molar-refractivity contribution in [3.05, 3.63) is 99.0 Å². The summed E-state index contributed by atoms with van der Waals surface area (Å²) >= 11 is 12.5. The number of Topliss-reactive ketones (excluding diaryl/α,β-unsaturated/α-hetero) is 1. The van der Waals surface area contributed by atoms with Gasteiger partial charge in [-0.15, -0.1) is 0 Å². The Balaban J connectivity index is 1.32. The minimum absolute atomic E-state index is 0.00508. The van der Waals surface area contributed by atoms with Gasteiger partial charge in [-0.3, -0.25) is 4.79 Å². The predicted molar refractivity (Wildman–Crippen MR) is 143 cm³/mol. The van der Waals surface area contributed by atoms with Crippen molar-refractivity contribution in [2.45, 2.75) is 42.9 Å². The van der Waals surface area contributed by atoms with Crippen molar-refractivity contribution in [1.29, 1.82) is 0 Å². The number of hydrogen-bond acceptors (Lipinski definition) is 6. The van der Waals surface area contributed by atoms with Crippen LogP contribution in [0.1, 0.15) is 42.3 Å². The molecule has 1 heterocycles. The monoisotopic (exact) mass is 572 g/mol. The van der Waals surface area contributed by atoms with Crippen LogP contribution in [0.15, 0.2) is 70.1 Å². The molecular formula is C28H23Cl2FN2O4S. The van der Waals surface area contributed by atoms with Gasteiger partial charge in [0.1, 0.15) is 11.6 Å². The lowest BCUT2D eigenvalue weighted by Crippen LogP contribution is -2.15. The maximum absolute atomic E-state index is 15.4. The maximum Gasteiger partial charge on any atom is 0.257 e. The summed E-state index contributed by atoms with van der Waals surface area (Å²) in [4.78, 5) is 17.4. The summed E-state index contributed by atoms with van der Waals surface area (Å²) in [6.45, 7) is 1.58. The Kier molecular flexibility index (Phi) is 7.15. The van der Waals surface area contributed by atoms with Gasteiger partial charge in [-0.05, 0) is 72.5 Å². The van der Waals surface area contributed by atoms with Gasteiger partial charge in [-0.25, -0.2) is 12.8 Å². The number of rotatable bonds is 9. The molecule has 3 aromatic carbocycles. The van der Waals surface area contributed by atoms with Crippen LogP contribution < -0.4 is 0 Å². The molecule has 1 aliphatic rings. The van der Waals surface area contributed by atoms with Crippen molar-refractivity contribution in [2.24, 2.45) is 0 Å². The molecule has 1 saturated carbocycles. The van der Waals surface area contributed by atoms with Crippen LogP contribution in [0, 0.1) is 5.82 Å². The number of sulfone groups is 1. The normalized spacial score (nSPS) is 14.4. The maximum atomic E-state index is 15.4. The molecule has 196 valence electrons. The minimum Gasteiger partial charge on any atom is -0.334 e. The number of halogens is 3. The Morgan fingerprint density at radius 1 is 1.00 bits per heavy atom. The SMILES string of the molecule is CCS(=O)(=O)c1ccc(CC(=O)Cc2cc(F)c(C3(c4noc(-c5ccc(Cl)cc5)n4)CC3)c(Cl)c2)cc1. The summed E-state index contributed by atoms with van der Waals surface area (Å²) in [5.41, 5.74) is 1.35. The third-order valence-corrected chi connectivity index (χ3v) is 9.04. The second-order valence-electron chi connectivity index (χ2n) is 9.39. The van der Waals surface area contributed by atoms with Gasteiger partial charge in [-0.2, -0.15) is 4.98 Å². The van der Waals surface area contributed by atoms with Gasteiger partial charge in [0.2, 0.25) is 0 Å². The van der Waals surface area contributed by atoms with E-state index in [0.717, 1.165) is 0 Å². The zero-order valence-electron chi connectivity index (χ0n) is 20.4. The van der Waals surface area contributed by atoms with E-state index in [2.05, 4.69) is 10.1 Å². The topological polar surface area (TPSA) is 90.1 Å². The van der Waals surface area contributed by atoms with Crippen molar-refractivity contribution in [1.82, 2.24) is 10.1 Å². The van der Waals surface area contributed by atoms with Crippen LogP contribution >= 0.6 is 23.2 Å². The summed E-state index contributed by atoms with van der Waals surface area (Å²) in [5.74, 6) is 0.00380. The number of carbonyl (C=O) groups is 1. The highest BCUT2D eigenvalue weighted by Crippen LogP contribution is 2.55. The van der Waals surface area contributed by atoms with Crippen LogP contribution in [0.2, 0.25) is 10.0 Å². The van der Waals surface area contributed by atoms with Crippen molar-refractivity contribution in [3.63, 3.8) is 0 Å². The zero-order chi connectivity index (χ0) is 27.1. The van der Waals surface area contributed by atoms with Crippen LogP contribution in [0.3, 0.4) is 0 Å². The van der Waals surface area contributed by atoms with E-state index in [1.165, 1.54) is 18.2 Å². The molecule has 0 radical (unpaired) electrons. The molecule has 0 spiro atoms. The first-order valence-corrected chi connectivity index (χ1v) is 14.4. The van der Waals surface area contributed by atoms with Crippen molar-refractivity contribution < 1.29 is 22.1 Å². The zero-order valence-corrected chi connectivity index (χ0v) is 22.7. The van der Waals surface area contributed by atoms with Gasteiger partial charge < -0.3 is 4.52 Å². The summed E-state index contributed by atoms with van der Waals surface area (Å²) in [5, 5.41) is 4.91. The Hall–Kier alpha value is -3.07. The van der Waals surface area contributed by atoms with E-state index in [9.17, 15) is 13.2 Å². The second kappa shape index (κ2) is 10.2. The summed E-state index contributed by atoms with van der Waals surface area (Å²) in [6.07, 6.45) is 1.31. The molecule has 0 aliphatic heterocycles. The first-order valence-electron chi connectivity index (χ1n) is 12.0. The molecule has 1 aliphatic carbocycles. The average Bonchev–Trinajstić information content (AvgIpc) is 3.51. The molecule has 6 nitrogen and oxygen atoms in total. The molecule has 0 N–H and O–H groups in total. The van der Waals surface area contributed by atoms with E-state index < -0.39 is 21.1 Å². The van der Waals surface area contributed by atoms with E-state index in [4.69, 9.17) is 27.7 Å². The lowest BCUT2D eigenvalue weighted by molar-refractivity contribution is -0.117. The van der Waals surface area contributed by atoms with E-state index in [1.54, 1.807) is 49.4 Å². The summed E-state index contributed by atoms with van der Waals surface area (Å²) < 4.78 is 44.8. The first-order chi connectivity index (χ1) is 18.1. The molecule has 4 aromatic rings. The number of hydrogen-bond donors (Lipinski definition) is 0. The van der Waals surface area contributed by atoms with Gasteiger partial charge in [0.15, 0.2) is 15.7 Å². The van der Waals surface area contributed by atoms with Crippen molar-refractivity contribution in [2.75, 3.05) is 5.75 Å². The first kappa shape index (κ1) is 26.5. The molecule has 0 amide bonds. The average molecular weight is 573 g/mol. The number of aromatic nitrogens is 2. The third-order valence-electron chi connectivity index (χ3n) is 6.74. The molecular weight excluding hydrogens is 550 g/mol. The summed E-state index contributed by atoms with van der Waals surface area (Å²) in [7, 11) is -3.31. The smallest absolute Gasteiger partial charge is 0.257 e. The van der Waals surface area contributed by atoms with Gasteiger partial charge in [0.05, 0.1) is 16.1 Å². The Bertz CT molecular complexity index is 1590. The van der Waals surface area contributed by atoms with Gasteiger partial charge in [0, 0.05) is 34.0 Å². The highest BCUT2D eigenvalue weighted by Gasteiger charge is 2.53. The Labute approximate surface area is 229 Å². The quantitative estimate of drug-likeness (QED) is 0.230. The van der Waals surface area contributed by atoms with Gasteiger partial charge >= 0.3 is 0 Å². The van der Waals surface area contributed by atoms with Crippen LogP contribution in [-0.2, 0) is 32.9 Å². The van der Waals surface area contributed by atoms with Gasteiger partial charge in [-0.1, -0.05) is 47.4 Å². The van der Waals surface area contributed by atoms with Crippen LogP contribution in [0.5, 0.6) is 0 Å². The fourth-order valence-electron chi connectivity index (χ4n) is 4.52. The molecule has 1 fully saturated rings. The molecule has 38 heavy (non-hydrogen) atoms. The fourth-order valence-corrected chi connectivity index (χ4v) is 5.94. The van der Waals surface area contributed by atoms with Crippen molar-refractivity contribution in [3.8, 4) is 11.5 Å². The van der Waals surface area contributed by atoms with E-state index in [-0.39, 0.29) is 34.3 Å². The molecule has 0 unspecified atom stereocenters. The molecule has 0 bridgehead atoms. The lowest BCUT2D eigenvalue weighted by Gasteiger charge is -2.16. The highest BCUT2D eigenvalue weighted by molar-refractivity contribution is 7.91. The molecule has 1 aromatic heterocycles. The Morgan fingerprint density at radius 2 is 1.66 bits per heavy atom. The third kappa shape index (κ3) is 5.25. The number of ketones is 1. The van der Waals surface area contributed by atoms with Gasteiger partial charge in [0.25, 0.3) is 5.89 Å². The standard InChI is InChI=1S/C28H23Cl2FN2O4S/c1-2-38(35,36)22-9-3-17(4-10-22)13-21(34)14-18-15-23(30)25(24(31)16-18)28(11-12-28)27-32-26(37-33-27)19-5-7-20(29)8-6-19/h3-10,15-16H,2,11-14H2,1H3. The van der Waals surface area contributed by atoms with E-state index >= 15 is 4.39 Å². The van der Waals surface area contributed by atoms with E-state index in [0.29, 0.717) is 51.8 Å². The minimum atomic E-state index is -3.31.